The zero-order valence-electron chi connectivity index (χ0n) is 19.0. The Morgan fingerprint density at radius 1 is 1.11 bits per heavy atom. The Morgan fingerprint density at radius 3 is 2.43 bits per heavy atom. The summed E-state index contributed by atoms with van der Waals surface area (Å²) in [6.07, 6.45) is 0. The topological polar surface area (TPSA) is 62.8 Å². The van der Waals surface area contributed by atoms with Crippen molar-refractivity contribution in [2.24, 2.45) is 5.92 Å². The summed E-state index contributed by atoms with van der Waals surface area (Å²) < 4.78 is 12.6. The molecule has 2 N–H and O–H groups in total. The number of nitrogens with zero attached hydrogens (tertiary/aromatic N) is 1. The molecule has 2 aliphatic heterocycles. The van der Waals surface area contributed by atoms with Crippen molar-refractivity contribution in [3.8, 4) is 11.5 Å². The van der Waals surface area contributed by atoms with Gasteiger partial charge in [-0.3, -0.25) is 9.69 Å². The lowest BCUT2D eigenvalue weighted by molar-refractivity contribution is -0.130. The fourth-order valence-corrected chi connectivity index (χ4v) is 5.44. The Balaban J connectivity index is 1.63. The summed E-state index contributed by atoms with van der Waals surface area (Å²) in [5, 5.41) is 8.05. The van der Waals surface area contributed by atoms with Crippen molar-refractivity contribution in [1.82, 2.24) is 5.32 Å². The van der Waals surface area contributed by atoms with Crippen LogP contribution in [0.25, 0.3) is 0 Å². The molecule has 6 nitrogen and oxygen atoms in total. The number of carbonyl (C=O) groups excluding carboxylic acids is 1. The molecule has 2 bridgehead atoms. The molecule has 0 saturated carbocycles. The van der Waals surface area contributed by atoms with Crippen LogP contribution >= 0.6 is 35.4 Å². The van der Waals surface area contributed by atoms with E-state index in [1.165, 1.54) is 0 Å². The van der Waals surface area contributed by atoms with E-state index in [1.54, 1.807) is 36.4 Å². The molecule has 1 fully saturated rings. The van der Waals surface area contributed by atoms with Crippen molar-refractivity contribution in [2.75, 3.05) is 16.8 Å². The molecule has 9 heteroatoms. The second kappa shape index (κ2) is 9.22. The van der Waals surface area contributed by atoms with Crippen molar-refractivity contribution in [3.05, 3.63) is 82.3 Å². The van der Waals surface area contributed by atoms with Gasteiger partial charge in [0.2, 0.25) is 5.91 Å². The second-order valence-corrected chi connectivity index (χ2v) is 9.74. The maximum absolute atomic E-state index is 13.8. The molecular formula is C26H23Cl2N3O3S. The van der Waals surface area contributed by atoms with Crippen molar-refractivity contribution < 1.29 is 14.3 Å². The zero-order valence-corrected chi connectivity index (χ0v) is 21.4. The first-order chi connectivity index (χ1) is 16.8. The second-order valence-electron chi connectivity index (χ2n) is 8.48. The molecule has 3 aromatic rings. The molecule has 0 radical (unpaired) electrons. The monoisotopic (exact) mass is 527 g/mol. The Hall–Kier alpha value is -3.00. The number of thiocarbonyl (C=S) groups is 1. The highest BCUT2D eigenvalue weighted by Gasteiger charge is 2.59. The van der Waals surface area contributed by atoms with E-state index in [9.17, 15) is 4.79 Å². The number of amides is 1. The number of halogens is 2. The zero-order chi connectivity index (χ0) is 24.7. The van der Waals surface area contributed by atoms with E-state index in [0.717, 1.165) is 11.3 Å². The average molecular weight is 528 g/mol. The fourth-order valence-electron chi connectivity index (χ4n) is 4.77. The van der Waals surface area contributed by atoms with Crippen molar-refractivity contribution >= 4 is 57.8 Å². The number of anilines is 2. The summed E-state index contributed by atoms with van der Waals surface area (Å²) >= 11 is 18.0. The van der Waals surface area contributed by atoms with Gasteiger partial charge >= 0.3 is 0 Å². The Morgan fingerprint density at radius 2 is 1.77 bits per heavy atom. The van der Waals surface area contributed by atoms with Gasteiger partial charge in [0, 0.05) is 27.0 Å². The highest BCUT2D eigenvalue weighted by molar-refractivity contribution is 7.80. The predicted octanol–water partition coefficient (Wildman–Crippen LogP) is 6.19. The minimum atomic E-state index is -1.17. The van der Waals surface area contributed by atoms with Crippen LogP contribution < -0.4 is 25.0 Å². The van der Waals surface area contributed by atoms with E-state index in [2.05, 4.69) is 10.6 Å². The molecule has 0 aliphatic carbocycles. The van der Waals surface area contributed by atoms with Crippen LogP contribution in [-0.2, 0) is 4.79 Å². The Bertz CT molecular complexity index is 1290. The largest absolute Gasteiger partial charge is 0.490 e. The van der Waals surface area contributed by atoms with Crippen LogP contribution in [0.1, 0.15) is 25.5 Å². The predicted molar refractivity (Wildman–Crippen MR) is 143 cm³/mol. The first kappa shape index (κ1) is 23.7. The quantitative estimate of drug-likeness (QED) is 0.385. The highest BCUT2D eigenvalue weighted by Crippen LogP contribution is 2.52. The van der Waals surface area contributed by atoms with Gasteiger partial charge in [0.15, 0.2) is 22.3 Å². The van der Waals surface area contributed by atoms with E-state index in [1.807, 2.05) is 49.1 Å². The van der Waals surface area contributed by atoms with Gasteiger partial charge in [0.25, 0.3) is 0 Å². The van der Waals surface area contributed by atoms with Crippen LogP contribution in [0.5, 0.6) is 11.5 Å². The first-order valence-corrected chi connectivity index (χ1v) is 12.4. The van der Waals surface area contributed by atoms with E-state index in [-0.39, 0.29) is 5.91 Å². The summed E-state index contributed by atoms with van der Waals surface area (Å²) in [6, 6.07) is 19.5. The van der Waals surface area contributed by atoms with Gasteiger partial charge in [-0.25, -0.2) is 0 Å². The third-order valence-corrected chi connectivity index (χ3v) is 7.07. The lowest BCUT2D eigenvalue weighted by Gasteiger charge is -2.56. The lowest BCUT2D eigenvalue weighted by atomic mass is 9.78. The van der Waals surface area contributed by atoms with Gasteiger partial charge in [-0.05, 0) is 80.7 Å². The molecule has 1 saturated heterocycles. The summed E-state index contributed by atoms with van der Waals surface area (Å²) in [5.41, 5.74) is 1.02. The number of ether oxygens (including phenoxy) is 2. The van der Waals surface area contributed by atoms with Gasteiger partial charge in [0.1, 0.15) is 5.92 Å². The molecule has 0 spiro atoms. The minimum absolute atomic E-state index is 0.221. The van der Waals surface area contributed by atoms with Crippen LogP contribution in [0.3, 0.4) is 0 Å². The normalized spacial score (nSPS) is 22.5. The van der Waals surface area contributed by atoms with Gasteiger partial charge in [0.05, 0.1) is 12.6 Å². The van der Waals surface area contributed by atoms with E-state index in [4.69, 9.17) is 44.9 Å². The first-order valence-electron chi connectivity index (χ1n) is 11.2. The van der Waals surface area contributed by atoms with Gasteiger partial charge in [-0.1, -0.05) is 35.3 Å². The molecular weight excluding hydrogens is 505 g/mol. The standard InChI is InChI=1S/C26H23Cl2N3O3S/c1-3-33-20-6-4-5-19-22-21(24(32)29-17-11-7-15(27)8-12-17)26(2,34-23(19)20)31(25(35)30-22)18-13-9-16(28)10-14-18/h4-14,21-22H,3H2,1-2H3,(H,29,32)(H,30,35)/t21-,22-,26+/m1/s1. The van der Waals surface area contributed by atoms with Crippen LogP contribution in [0.4, 0.5) is 11.4 Å². The molecule has 35 heavy (non-hydrogen) atoms. The number of para-hydroxylation sites is 1. The summed E-state index contributed by atoms with van der Waals surface area (Å²) in [6.45, 7) is 4.27. The molecule has 2 heterocycles. The number of carbonyl (C=O) groups is 1. The Labute approximate surface area is 219 Å². The third-order valence-electron chi connectivity index (χ3n) is 6.27. The molecule has 2 aliphatic rings. The van der Waals surface area contributed by atoms with E-state index in [0.29, 0.717) is 39.0 Å². The van der Waals surface area contributed by atoms with Crippen LogP contribution in [-0.4, -0.2) is 23.4 Å². The molecule has 0 unspecified atom stereocenters. The third kappa shape index (κ3) is 4.18. The maximum Gasteiger partial charge on any atom is 0.236 e. The fraction of sp³-hybridized carbons (Fsp3) is 0.231. The van der Waals surface area contributed by atoms with Gasteiger partial charge in [-0.15, -0.1) is 0 Å². The number of benzene rings is 3. The van der Waals surface area contributed by atoms with E-state index >= 15 is 0 Å². The van der Waals surface area contributed by atoms with Crippen molar-refractivity contribution in [3.63, 3.8) is 0 Å². The molecule has 5 rings (SSSR count). The van der Waals surface area contributed by atoms with E-state index < -0.39 is 17.7 Å². The minimum Gasteiger partial charge on any atom is -0.490 e. The smallest absolute Gasteiger partial charge is 0.236 e. The molecule has 0 aromatic heterocycles. The van der Waals surface area contributed by atoms with Crippen LogP contribution in [0, 0.1) is 5.92 Å². The molecule has 3 aromatic carbocycles. The summed E-state index contributed by atoms with van der Waals surface area (Å²) in [5.74, 6) is 0.306. The van der Waals surface area contributed by atoms with Crippen LogP contribution in [0.2, 0.25) is 10.0 Å². The van der Waals surface area contributed by atoms with Gasteiger partial charge in [-0.2, -0.15) is 0 Å². The number of nitrogens with one attached hydrogen (secondary N) is 2. The Kier molecular flexibility index (Phi) is 6.25. The number of hydrogen-bond donors (Lipinski definition) is 2. The van der Waals surface area contributed by atoms with Crippen molar-refractivity contribution in [2.45, 2.75) is 25.6 Å². The number of fused-ring (bicyclic) bond motifs is 4. The molecule has 1 amide bonds. The average Bonchev–Trinajstić information content (AvgIpc) is 2.82. The van der Waals surface area contributed by atoms with Crippen LogP contribution in [0.15, 0.2) is 66.7 Å². The summed E-state index contributed by atoms with van der Waals surface area (Å²) in [4.78, 5) is 15.7. The molecule has 180 valence electrons. The summed E-state index contributed by atoms with van der Waals surface area (Å²) in [7, 11) is 0. The maximum atomic E-state index is 13.8. The SMILES string of the molecule is CCOc1cccc2c1O[C@@]1(C)[C@@H](C(=O)Nc3ccc(Cl)cc3)[C@@H]2NC(=S)N1c1ccc(Cl)cc1. The van der Waals surface area contributed by atoms with Crippen molar-refractivity contribution in [1.29, 1.82) is 0 Å². The number of hydrogen-bond acceptors (Lipinski definition) is 4. The lowest BCUT2D eigenvalue weighted by Crippen LogP contribution is -2.72. The highest BCUT2D eigenvalue weighted by atomic mass is 35.5. The van der Waals surface area contributed by atoms with Gasteiger partial charge < -0.3 is 20.1 Å². The molecule has 3 atom stereocenters. The number of rotatable bonds is 5.